The lowest BCUT2D eigenvalue weighted by Crippen LogP contribution is -2.62. The number of rotatable bonds is 4. The molecule has 2 N–H and O–H groups in total. The predicted molar refractivity (Wildman–Crippen MR) is 43.9 cm³/mol. The molecule has 14 heavy (non-hydrogen) atoms. The maximum Gasteiger partial charge on any atom is 0.401 e. The number of nitrogens with one attached hydrogen (secondary N) is 1. The maximum atomic E-state index is 11.9. The first-order valence-electron chi connectivity index (χ1n) is 4.36. The van der Waals surface area contributed by atoms with Crippen LogP contribution in [0.3, 0.4) is 0 Å². The second kappa shape index (κ2) is 4.04. The van der Waals surface area contributed by atoms with Gasteiger partial charge in [0.1, 0.15) is 0 Å². The Morgan fingerprint density at radius 2 is 2.07 bits per heavy atom. The summed E-state index contributed by atoms with van der Waals surface area (Å²) in [6, 6.07) is 0. The van der Waals surface area contributed by atoms with Crippen LogP contribution in [0.25, 0.3) is 0 Å². The molecule has 0 heterocycles. The van der Waals surface area contributed by atoms with E-state index in [-0.39, 0.29) is 12.7 Å². The summed E-state index contributed by atoms with van der Waals surface area (Å²) >= 11 is 0. The first-order valence-corrected chi connectivity index (χ1v) is 4.36. The van der Waals surface area contributed by atoms with Crippen molar-refractivity contribution in [2.45, 2.75) is 30.7 Å². The van der Waals surface area contributed by atoms with E-state index in [1.807, 2.05) is 0 Å². The molecule has 84 valence electrons. The van der Waals surface area contributed by atoms with Crippen molar-refractivity contribution in [1.82, 2.24) is 5.32 Å². The van der Waals surface area contributed by atoms with E-state index in [1.54, 1.807) is 0 Å². The van der Waals surface area contributed by atoms with Crippen molar-refractivity contribution in [3.8, 4) is 0 Å². The maximum absolute atomic E-state index is 11.9. The highest BCUT2D eigenvalue weighted by Gasteiger charge is 2.45. The van der Waals surface area contributed by atoms with Gasteiger partial charge in [0, 0.05) is 12.6 Å². The fourth-order valence-electron chi connectivity index (χ4n) is 1.60. The third-order valence-corrected chi connectivity index (χ3v) is 2.54. The average Bonchev–Trinajstić information content (AvgIpc) is 2.02. The van der Waals surface area contributed by atoms with Gasteiger partial charge in [0.15, 0.2) is 0 Å². The molecular weight excluding hydrogens is 199 g/mol. The molecule has 0 radical (unpaired) electrons. The topological polar surface area (TPSA) is 41.5 Å². The summed E-state index contributed by atoms with van der Waals surface area (Å²) in [4.78, 5) is 0. The molecule has 1 aliphatic carbocycles. The minimum Gasteiger partial charge on any atom is -0.394 e. The van der Waals surface area contributed by atoms with Crippen LogP contribution in [-0.4, -0.2) is 43.2 Å². The first-order chi connectivity index (χ1) is 6.41. The molecule has 1 aliphatic rings. The number of ether oxygens (including phenoxy) is 1. The van der Waals surface area contributed by atoms with Crippen LogP contribution < -0.4 is 5.32 Å². The summed E-state index contributed by atoms with van der Waals surface area (Å²) in [5, 5.41) is 11.3. The Kier molecular flexibility index (Phi) is 3.39. The zero-order valence-corrected chi connectivity index (χ0v) is 7.90. The van der Waals surface area contributed by atoms with Crippen LogP contribution in [0, 0.1) is 0 Å². The van der Waals surface area contributed by atoms with Gasteiger partial charge in [-0.05, 0) is 12.8 Å². The number of hydrogen-bond donors (Lipinski definition) is 2. The Morgan fingerprint density at radius 3 is 2.43 bits per heavy atom. The third kappa shape index (κ3) is 2.83. The molecule has 0 aliphatic heterocycles. The van der Waals surface area contributed by atoms with Crippen LogP contribution in [0.15, 0.2) is 0 Å². The van der Waals surface area contributed by atoms with Crippen LogP contribution in [-0.2, 0) is 4.74 Å². The standard InChI is InChI=1S/C8H14F3NO2/c1-14-6-2-7(3-6,5-13)12-4-8(9,10)11/h6,12-13H,2-5H2,1H3. The number of methoxy groups -OCH3 is 1. The molecule has 0 amide bonds. The fraction of sp³-hybridized carbons (Fsp3) is 1.00. The lowest BCUT2D eigenvalue weighted by atomic mass is 9.74. The Hall–Kier alpha value is -0.330. The Balaban J connectivity index is 2.34. The summed E-state index contributed by atoms with van der Waals surface area (Å²) in [5.41, 5.74) is -0.795. The van der Waals surface area contributed by atoms with Gasteiger partial charge in [-0.25, -0.2) is 0 Å². The van der Waals surface area contributed by atoms with Crippen LogP contribution in [0.5, 0.6) is 0 Å². The van der Waals surface area contributed by atoms with Crippen molar-refractivity contribution in [3.05, 3.63) is 0 Å². The molecule has 1 saturated carbocycles. The van der Waals surface area contributed by atoms with E-state index in [1.165, 1.54) is 7.11 Å². The van der Waals surface area contributed by atoms with Gasteiger partial charge >= 0.3 is 6.18 Å². The van der Waals surface area contributed by atoms with E-state index in [4.69, 9.17) is 9.84 Å². The normalized spacial score (nSPS) is 32.8. The van der Waals surface area contributed by atoms with Crippen molar-refractivity contribution in [3.63, 3.8) is 0 Å². The monoisotopic (exact) mass is 213 g/mol. The van der Waals surface area contributed by atoms with Gasteiger partial charge in [-0.1, -0.05) is 0 Å². The van der Waals surface area contributed by atoms with Crippen LogP contribution in [0.4, 0.5) is 13.2 Å². The molecule has 0 bridgehead atoms. The largest absolute Gasteiger partial charge is 0.401 e. The van der Waals surface area contributed by atoms with Crippen LogP contribution in [0.1, 0.15) is 12.8 Å². The smallest absolute Gasteiger partial charge is 0.394 e. The summed E-state index contributed by atoms with van der Waals surface area (Å²) in [6.07, 6.45) is -3.42. The molecule has 0 spiro atoms. The van der Waals surface area contributed by atoms with Crippen molar-refractivity contribution in [2.24, 2.45) is 0 Å². The second-order valence-corrected chi connectivity index (χ2v) is 3.67. The molecule has 0 unspecified atom stereocenters. The molecular formula is C8H14F3NO2. The predicted octanol–water partition coefficient (Wildman–Crippen LogP) is 0.678. The van der Waals surface area contributed by atoms with Gasteiger partial charge in [-0.15, -0.1) is 0 Å². The van der Waals surface area contributed by atoms with Crippen molar-refractivity contribution in [2.75, 3.05) is 20.3 Å². The van der Waals surface area contributed by atoms with Gasteiger partial charge in [0.2, 0.25) is 0 Å². The summed E-state index contributed by atoms with van der Waals surface area (Å²) in [5.74, 6) is 0. The lowest BCUT2D eigenvalue weighted by Gasteiger charge is -2.46. The van der Waals surface area contributed by atoms with Crippen molar-refractivity contribution in [1.29, 1.82) is 0 Å². The van der Waals surface area contributed by atoms with Gasteiger partial charge in [-0.2, -0.15) is 13.2 Å². The highest BCUT2D eigenvalue weighted by atomic mass is 19.4. The average molecular weight is 213 g/mol. The Bertz CT molecular complexity index is 190. The summed E-state index contributed by atoms with van der Waals surface area (Å²) in [7, 11) is 1.51. The number of alkyl halides is 3. The minimum absolute atomic E-state index is 0.0390. The zero-order chi connectivity index (χ0) is 10.8. The van der Waals surface area contributed by atoms with E-state index in [0.29, 0.717) is 12.8 Å². The van der Waals surface area contributed by atoms with Crippen molar-refractivity contribution < 1.29 is 23.0 Å². The molecule has 3 nitrogen and oxygen atoms in total. The molecule has 0 aromatic rings. The molecule has 0 aromatic heterocycles. The van der Waals surface area contributed by atoms with Gasteiger partial charge in [-0.3, -0.25) is 0 Å². The van der Waals surface area contributed by atoms with E-state index in [0.717, 1.165) is 0 Å². The minimum atomic E-state index is -4.24. The third-order valence-electron chi connectivity index (χ3n) is 2.54. The lowest BCUT2D eigenvalue weighted by molar-refractivity contribution is -0.139. The summed E-state index contributed by atoms with van der Waals surface area (Å²) in [6.45, 7) is -1.35. The molecule has 0 saturated heterocycles. The Labute approximate surface area is 80.2 Å². The SMILES string of the molecule is COC1CC(CO)(NCC(F)(F)F)C1. The highest BCUT2D eigenvalue weighted by Crippen LogP contribution is 2.34. The zero-order valence-electron chi connectivity index (χ0n) is 7.90. The number of hydrogen-bond acceptors (Lipinski definition) is 3. The number of aliphatic hydroxyl groups excluding tert-OH is 1. The van der Waals surface area contributed by atoms with Gasteiger partial charge < -0.3 is 15.2 Å². The molecule has 1 fully saturated rings. The van der Waals surface area contributed by atoms with E-state index >= 15 is 0 Å². The molecule has 0 aromatic carbocycles. The van der Waals surface area contributed by atoms with Crippen LogP contribution >= 0.6 is 0 Å². The molecule has 1 rings (SSSR count). The number of halogens is 3. The number of aliphatic hydroxyl groups is 1. The van der Waals surface area contributed by atoms with E-state index in [9.17, 15) is 13.2 Å². The van der Waals surface area contributed by atoms with Crippen LogP contribution in [0.2, 0.25) is 0 Å². The Morgan fingerprint density at radius 1 is 1.50 bits per heavy atom. The van der Waals surface area contributed by atoms with Gasteiger partial charge in [0.25, 0.3) is 0 Å². The second-order valence-electron chi connectivity index (χ2n) is 3.67. The van der Waals surface area contributed by atoms with Crippen molar-refractivity contribution >= 4 is 0 Å². The summed E-state index contributed by atoms with van der Waals surface area (Å²) < 4.78 is 40.6. The molecule has 6 heteroatoms. The molecule has 0 atom stereocenters. The van der Waals surface area contributed by atoms with Gasteiger partial charge in [0.05, 0.1) is 19.3 Å². The first kappa shape index (κ1) is 11.7. The van der Waals surface area contributed by atoms with E-state index in [2.05, 4.69) is 5.32 Å². The quantitative estimate of drug-likeness (QED) is 0.721. The fourth-order valence-corrected chi connectivity index (χ4v) is 1.60. The highest BCUT2D eigenvalue weighted by molar-refractivity contribution is 5.01. The van der Waals surface area contributed by atoms with E-state index < -0.39 is 18.3 Å².